The molecule has 0 spiro atoms. The first-order valence-electron chi connectivity index (χ1n) is 10.9. The van der Waals surface area contributed by atoms with Crippen LogP contribution in [0.2, 0.25) is 0 Å². The Bertz CT molecular complexity index is 999. The fourth-order valence-corrected chi connectivity index (χ4v) is 4.76. The third-order valence-corrected chi connectivity index (χ3v) is 6.86. The first kappa shape index (κ1) is 24.0. The van der Waals surface area contributed by atoms with Crippen LogP contribution in [0.3, 0.4) is 0 Å². The third kappa shape index (κ3) is 6.66. The van der Waals surface area contributed by atoms with E-state index in [2.05, 4.69) is 33.9 Å². The highest BCUT2D eigenvalue weighted by Crippen LogP contribution is 2.16. The molecule has 3 rings (SSSR count). The molecule has 8 heteroatoms. The summed E-state index contributed by atoms with van der Waals surface area (Å²) >= 11 is 0. The first-order valence-corrected chi connectivity index (χ1v) is 12.4. The zero-order chi connectivity index (χ0) is 23.0. The van der Waals surface area contributed by atoms with Crippen LogP contribution in [0.4, 0.5) is 0 Å². The molecule has 0 aromatic heterocycles. The number of sulfonamides is 1. The van der Waals surface area contributed by atoms with Gasteiger partial charge in [0.25, 0.3) is 0 Å². The number of amides is 1. The highest BCUT2D eigenvalue weighted by Gasteiger charge is 2.28. The lowest BCUT2D eigenvalue weighted by Crippen LogP contribution is -2.54. The molecular weight excluding hydrogens is 426 g/mol. The number of benzene rings is 2. The Hall–Kier alpha value is -2.68. The van der Waals surface area contributed by atoms with Gasteiger partial charge in [0.15, 0.2) is 0 Å². The predicted molar refractivity (Wildman–Crippen MR) is 126 cm³/mol. The van der Waals surface area contributed by atoms with E-state index < -0.39 is 16.1 Å². The normalized spacial score (nSPS) is 16.2. The van der Waals surface area contributed by atoms with Crippen LogP contribution in [-0.4, -0.2) is 69.5 Å². The average Bonchev–Trinajstić information content (AvgIpc) is 2.80. The Morgan fingerprint density at radius 2 is 1.72 bits per heavy atom. The van der Waals surface area contributed by atoms with Gasteiger partial charge in [-0.05, 0) is 43.7 Å². The van der Waals surface area contributed by atoms with Crippen molar-refractivity contribution in [3.05, 3.63) is 66.2 Å². The van der Waals surface area contributed by atoms with Gasteiger partial charge in [0.1, 0.15) is 5.75 Å². The summed E-state index contributed by atoms with van der Waals surface area (Å²) < 4.78 is 33.1. The second kappa shape index (κ2) is 11.3. The lowest BCUT2D eigenvalue weighted by atomic mass is 10.2. The summed E-state index contributed by atoms with van der Waals surface area (Å²) in [6, 6.07) is 15.5. The van der Waals surface area contributed by atoms with E-state index in [1.807, 2.05) is 25.1 Å². The molecule has 172 valence electrons. The Balaban J connectivity index is 1.48. The van der Waals surface area contributed by atoms with Crippen LogP contribution in [0.5, 0.6) is 5.75 Å². The van der Waals surface area contributed by atoms with E-state index in [9.17, 15) is 13.2 Å². The van der Waals surface area contributed by atoms with Gasteiger partial charge >= 0.3 is 0 Å². The fourth-order valence-electron chi connectivity index (χ4n) is 3.56. The topological polar surface area (TPSA) is 78.9 Å². The third-order valence-electron chi connectivity index (χ3n) is 5.30. The average molecular weight is 458 g/mol. The SMILES string of the molecule is CCOc1ccc(S(=O)(=O)N[C@@H](C)C(=O)N2CCN(C/C=C/c3ccccc3)CC2)cc1. The zero-order valence-electron chi connectivity index (χ0n) is 18.6. The molecule has 2 aromatic carbocycles. The van der Waals surface area contributed by atoms with Crippen molar-refractivity contribution < 1.29 is 17.9 Å². The van der Waals surface area contributed by atoms with Gasteiger partial charge in [0, 0.05) is 32.7 Å². The summed E-state index contributed by atoms with van der Waals surface area (Å²) in [6.07, 6.45) is 4.22. The van der Waals surface area contributed by atoms with Gasteiger partial charge in [-0.25, -0.2) is 8.42 Å². The lowest BCUT2D eigenvalue weighted by molar-refractivity contribution is -0.134. The highest BCUT2D eigenvalue weighted by atomic mass is 32.2. The molecule has 1 amide bonds. The monoisotopic (exact) mass is 457 g/mol. The van der Waals surface area contributed by atoms with Gasteiger partial charge in [-0.1, -0.05) is 42.5 Å². The number of rotatable bonds is 9. The molecule has 0 aliphatic carbocycles. The van der Waals surface area contributed by atoms with Gasteiger partial charge in [-0.15, -0.1) is 0 Å². The zero-order valence-corrected chi connectivity index (χ0v) is 19.4. The molecular formula is C24H31N3O4S. The van der Waals surface area contributed by atoms with E-state index in [0.717, 1.165) is 25.2 Å². The van der Waals surface area contributed by atoms with Crippen LogP contribution in [0, 0.1) is 0 Å². The maximum atomic E-state index is 12.8. The molecule has 0 saturated carbocycles. The van der Waals surface area contributed by atoms with Crippen molar-refractivity contribution in [1.29, 1.82) is 0 Å². The summed E-state index contributed by atoms with van der Waals surface area (Å²) in [5.74, 6) is 0.394. The van der Waals surface area contributed by atoms with Gasteiger partial charge in [0.05, 0.1) is 17.5 Å². The fraction of sp³-hybridized carbons (Fsp3) is 0.375. The minimum atomic E-state index is -3.80. The Morgan fingerprint density at radius 3 is 2.34 bits per heavy atom. The number of piperazine rings is 1. The lowest BCUT2D eigenvalue weighted by Gasteiger charge is -2.35. The van der Waals surface area contributed by atoms with Gasteiger partial charge in [-0.3, -0.25) is 9.69 Å². The maximum absolute atomic E-state index is 12.8. The van der Waals surface area contributed by atoms with E-state index in [1.165, 1.54) is 12.1 Å². The van der Waals surface area contributed by atoms with Crippen molar-refractivity contribution in [3.8, 4) is 5.75 Å². The van der Waals surface area contributed by atoms with Gasteiger partial charge in [-0.2, -0.15) is 4.72 Å². The Morgan fingerprint density at radius 1 is 1.06 bits per heavy atom. The number of nitrogens with one attached hydrogen (secondary N) is 1. The largest absolute Gasteiger partial charge is 0.494 e. The number of hydrogen-bond donors (Lipinski definition) is 1. The molecule has 1 heterocycles. The second-order valence-corrected chi connectivity index (χ2v) is 9.40. The standard InChI is InChI=1S/C24H31N3O4S/c1-3-31-22-11-13-23(14-12-22)32(29,30)25-20(2)24(28)27-18-16-26(17-19-27)15-7-10-21-8-5-4-6-9-21/h4-14,20,25H,3,15-19H2,1-2H3/b10-7+/t20-/m0/s1. The van der Waals surface area contributed by atoms with Crippen molar-refractivity contribution in [2.75, 3.05) is 39.3 Å². The Labute approximate surface area is 190 Å². The van der Waals surface area contributed by atoms with Crippen LogP contribution >= 0.6 is 0 Å². The second-order valence-electron chi connectivity index (χ2n) is 7.69. The molecule has 1 aliphatic heterocycles. The summed E-state index contributed by atoms with van der Waals surface area (Å²) in [5.41, 5.74) is 1.16. The summed E-state index contributed by atoms with van der Waals surface area (Å²) in [7, 11) is -3.80. The molecule has 1 aliphatic rings. The maximum Gasteiger partial charge on any atom is 0.241 e. The molecule has 0 radical (unpaired) electrons. The van der Waals surface area contributed by atoms with Crippen molar-refractivity contribution in [2.45, 2.75) is 24.8 Å². The van der Waals surface area contributed by atoms with Crippen molar-refractivity contribution >= 4 is 22.0 Å². The van der Waals surface area contributed by atoms with E-state index in [0.29, 0.717) is 25.4 Å². The highest BCUT2D eigenvalue weighted by molar-refractivity contribution is 7.89. The summed E-state index contributed by atoms with van der Waals surface area (Å²) in [6.45, 7) is 7.43. The quantitative estimate of drug-likeness (QED) is 0.626. The number of ether oxygens (including phenoxy) is 1. The van der Waals surface area contributed by atoms with Crippen LogP contribution < -0.4 is 9.46 Å². The molecule has 2 aromatic rings. The van der Waals surface area contributed by atoms with Crippen LogP contribution in [0.25, 0.3) is 6.08 Å². The molecule has 7 nitrogen and oxygen atoms in total. The van der Waals surface area contributed by atoms with Crippen molar-refractivity contribution in [2.24, 2.45) is 0 Å². The number of nitrogens with zero attached hydrogens (tertiary/aromatic N) is 2. The minimum absolute atomic E-state index is 0.107. The van der Waals surface area contributed by atoms with E-state index in [4.69, 9.17) is 4.74 Å². The van der Waals surface area contributed by atoms with Crippen molar-refractivity contribution in [1.82, 2.24) is 14.5 Å². The Kier molecular flexibility index (Phi) is 8.44. The van der Waals surface area contributed by atoms with Gasteiger partial charge in [0.2, 0.25) is 15.9 Å². The molecule has 32 heavy (non-hydrogen) atoms. The number of hydrogen-bond acceptors (Lipinski definition) is 5. The summed E-state index contributed by atoms with van der Waals surface area (Å²) in [4.78, 5) is 16.9. The first-order chi connectivity index (χ1) is 15.4. The molecule has 1 atom stereocenters. The van der Waals surface area contributed by atoms with E-state index >= 15 is 0 Å². The summed E-state index contributed by atoms with van der Waals surface area (Å²) in [5, 5.41) is 0. The minimum Gasteiger partial charge on any atom is -0.494 e. The molecule has 1 fully saturated rings. The van der Waals surface area contributed by atoms with Crippen LogP contribution in [-0.2, 0) is 14.8 Å². The number of carbonyl (C=O) groups excluding carboxylic acids is 1. The van der Waals surface area contributed by atoms with Crippen LogP contribution in [0.15, 0.2) is 65.6 Å². The molecule has 1 N–H and O–H groups in total. The smallest absolute Gasteiger partial charge is 0.241 e. The van der Waals surface area contributed by atoms with E-state index in [-0.39, 0.29) is 10.8 Å². The molecule has 0 unspecified atom stereocenters. The van der Waals surface area contributed by atoms with Crippen LogP contribution in [0.1, 0.15) is 19.4 Å². The molecule has 0 bridgehead atoms. The van der Waals surface area contributed by atoms with E-state index in [1.54, 1.807) is 24.0 Å². The van der Waals surface area contributed by atoms with Gasteiger partial charge < -0.3 is 9.64 Å². The molecule has 1 saturated heterocycles. The predicted octanol–water partition coefficient (Wildman–Crippen LogP) is 2.61. The number of carbonyl (C=O) groups is 1. The van der Waals surface area contributed by atoms with Crippen molar-refractivity contribution in [3.63, 3.8) is 0 Å².